The first-order valence-electron chi connectivity index (χ1n) is 7.46. The highest BCUT2D eigenvalue weighted by molar-refractivity contribution is 5.70. The van der Waals surface area contributed by atoms with E-state index in [9.17, 15) is 4.79 Å². The molecule has 0 bridgehead atoms. The van der Waals surface area contributed by atoms with Crippen LogP contribution in [0.25, 0.3) is 0 Å². The highest BCUT2D eigenvalue weighted by Gasteiger charge is 2.22. The molecule has 0 aromatic heterocycles. The number of nitrogens with zero attached hydrogens (tertiary/aromatic N) is 1. The van der Waals surface area contributed by atoms with Crippen LogP contribution < -0.4 is 0 Å². The number of ether oxygens (including phenoxy) is 2. The minimum Gasteiger partial charge on any atom is -0.460 e. The summed E-state index contributed by atoms with van der Waals surface area (Å²) in [6.45, 7) is 11.5. The molecule has 1 aliphatic rings. The molecule has 0 aromatic carbocycles. The van der Waals surface area contributed by atoms with Crippen LogP contribution in [0.2, 0.25) is 0 Å². The van der Waals surface area contributed by atoms with Crippen LogP contribution in [0.4, 0.5) is 0 Å². The van der Waals surface area contributed by atoms with Crippen LogP contribution in [0.15, 0.2) is 0 Å². The van der Waals surface area contributed by atoms with E-state index in [-0.39, 0.29) is 11.6 Å². The van der Waals surface area contributed by atoms with Gasteiger partial charge in [-0.15, -0.1) is 0 Å². The number of hydrogen-bond acceptors (Lipinski definition) is 4. The third-order valence-electron chi connectivity index (χ3n) is 3.07. The van der Waals surface area contributed by atoms with E-state index in [1.54, 1.807) is 0 Å². The third-order valence-corrected chi connectivity index (χ3v) is 3.07. The fourth-order valence-electron chi connectivity index (χ4n) is 2.28. The summed E-state index contributed by atoms with van der Waals surface area (Å²) in [6.07, 6.45) is 4.17. The Labute approximate surface area is 117 Å². The standard InChI is InChI=1S/C15H29NO3/c1-5-11-18-13-7-6-9-16(12-13)10-8-14(17)19-15(2,3)4/h13H,5-12H2,1-4H3. The molecule has 112 valence electrons. The Balaban J connectivity index is 2.23. The zero-order valence-corrected chi connectivity index (χ0v) is 12.9. The molecule has 0 spiro atoms. The molecule has 1 aliphatic heterocycles. The quantitative estimate of drug-likeness (QED) is 0.696. The fraction of sp³-hybridized carbons (Fsp3) is 0.933. The molecule has 1 atom stereocenters. The largest absolute Gasteiger partial charge is 0.460 e. The molecule has 0 aliphatic carbocycles. The lowest BCUT2D eigenvalue weighted by Gasteiger charge is -2.32. The maximum absolute atomic E-state index is 11.7. The van der Waals surface area contributed by atoms with Crippen molar-refractivity contribution in [3.8, 4) is 0 Å². The first kappa shape index (κ1) is 16.4. The molecule has 1 unspecified atom stereocenters. The molecule has 0 amide bonds. The van der Waals surface area contributed by atoms with Gasteiger partial charge in [0.2, 0.25) is 0 Å². The van der Waals surface area contributed by atoms with E-state index in [2.05, 4.69) is 11.8 Å². The topological polar surface area (TPSA) is 38.8 Å². The molecule has 1 heterocycles. The molecule has 4 heteroatoms. The second-order valence-electron chi connectivity index (χ2n) is 6.27. The van der Waals surface area contributed by atoms with Crippen molar-refractivity contribution < 1.29 is 14.3 Å². The number of carbonyl (C=O) groups is 1. The Morgan fingerprint density at radius 3 is 2.74 bits per heavy atom. The Bertz CT molecular complexity index is 273. The van der Waals surface area contributed by atoms with Crippen LogP contribution in [0.5, 0.6) is 0 Å². The van der Waals surface area contributed by atoms with Crippen molar-refractivity contribution in [1.82, 2.24) is 4.90 Å². The smallest absolute Gasteiger partial charge is 0.307 e. The van der Waals surface area contributed by atoms with Crippen molar-refractivity contribution in [1.29, 1.82) is 0 Å². The van der Waals surface area contributed by atoms with Gasteiger partial charge in [0.25, 0.3) is 0 Å². The third kappa shape index (κ3) is 7.53. The van der Waals surface area contributed by atoms with Gasteiger partial charge in [-0.25, -0.2) is 0 Å². The molecule has 1 rings (SSSR count). The average Bonchev–Trinajstić information content (AvgIpc) is 2.32. The number of rotatable bonds is 6. The lowest BCUT2D eigenvalue weighted by Crippen LogP contribution is -2.41. The van der Waals surface area contributed by atoms with E-state index in [1.807, 2.05) is 20.8 Å². The molecular weight excluding hydrogens is 242 g/mol. The summed E-state index contributed by atoms with van der Waals surface area (Å²) in [5.41, 5.74) is -0.383. The Morgan fingerprint density at radius 1 is 1.37 bits per heavy atom. The average molecular weight is 271 g/mol. The fourth-order valence-corrected chi connectivity index (χ4v) is 2.28. The van der Waals surface area contributed by atoms with Crippen LogP contribution in [0, 0.1) is 0 Å². The van der Waals surface area contributed by atoms with E-state index >= 15 is 0 Å². The minimum atomic E-state index is -0.383. The zero-order chi connectivity index (χ0) is 14.3. The maximum Gasteiger partial charge on any atom is 0.307 e. The summed E-state index contributed by atoms with van der Waals surface area (Å²) < 4.78 is 11.1. The molecule has 0 N–H and O–H groups in total. The van der Waals surface area contributed by atoms with Gasteiger partial charge in [0.1, 0.15) is 5.60 Å². The van der Waals surface area contributed by atoms with Crippen LogP contribution in [0.1, 0.15) is 53.4 Å². The molecule has 0 aromatic rings. The van der Waals surface area contributed by atoms with Gasteiger partial charge in [0.05, 0.1) is 12.5 Å². The molecule has 0 saturated carbocycles. The predicted molar refractivity (Wildman–Crippen MR) is 76.2 cm³/mol. The summed E-state index contributed by atoms with van der Waals surface area (Å²) in [5, 5.41) is 0. The maximum atomic E-state index is 11.7. The normalized spacial score (nSPS) is 21.4. The van der Waals surface area contributed by atoms with Gasteiger partial charge in [-0.05, 0) is 46.6 Å². The van der Waals surface area contributed by atoms with Gasteiger partial charge in [-0.1, -0.05) is 6.92 Å². The van der Waals surface area contributed by atoms with Gasteiger partial charge >= 0.3 is 5.97 Å². The Hall–Kier alpha value is -0.610. The second-order valence-corrected chi connectivity index (χ2v) is 6.27. The van der Waals surface area contributed by atoms with E-state index < -0.39 is 0 Å². The highest BCUT2D eigenvalue weighted by Crippen LogP contribution is 2.14. The Morgan fingerprint density at radius 2 is 2.11 bits per heavy atom. The van der Waals surface area contributed by atoms with Crippen LogP contribution >= 0.6 is 0 Å². The summed E-state index contributed by atoms with van der Waals surface area (Å²) in [4.78, 5) is 14.0. The van der Waals surface area contributed by atoms with Crippen LogP contribution in [0.3, 0.4) is 0 Å². The molecule has 4 nitrogen and oxygen atoms in total. The lowest BCUT2D eigenvalue weighted by molar-refractivity contribution is -0.155. The number of carbonyl (C=O) groups excluding carboxylic acids is 1. The van der Waals surface area contributed by atoms with Gasteiger partial charge in [0, 0.05) is 19.7 Å². The first-order valence-corrected chi connectivity index (χ1v) is 7.46. The summed E-state index contributed by atoms with van der Waals surface area (Å²) in [6, 6.07) is 0. The first-order chi connectivity index (χ1) is 8.90. The van der Waals surface area contributed by atoms with Gasteiger partial charge in [-0.3, -0.25) is 4.79 Å². The summed E-state index contributed by atoms with van der Waals surface area (Å²) >= 11 is 0. The van der Waals surface area contributed by atoms with Gasteiger partial charge in [0.15, 0.2) is 0 Å². The van der Waals surface area contributed by atoms with Crippen LogP contribution in [-0.4, -0.2) is 48.8 Å². The monoisotopic (exact) mass is 271 g/mol. The number of likely N-dealkylation sites (tertiary alicyclic amines) is 1. The minimum absolute atomic E-state index is 0.107. The van der Waals surface area contributed by atoms with Crippen molar-refractivity contribution in [2.45, 2.75) is 65.1 Å². The van der Waals surface area contributed by atoms with Crippen molar-refractivity contribution >= 4 is 5.97 Å². The molecule has 0 radical (unpaired) electrons. The molecule has 1 fully saturated rings. The van der Waals surface area contributed by atoms with E-state index in [0.29, 0.717) is 12.5 Å². The summed E-state index contributed by atoms with van der Waals surface area (Å²) in [5.74, 6) is -0.107. The number of hydrogen-bond donors (Lipinski definition) is 0. The molecule has 1 saturated heterocycles. The molecule has 19 heavy (non-hydrogen) atoms. The second kappa shape index (κ2) is 7.85. The van der Waals surface area contributed by atoms with Gasteiger partial charge in [-0.2, -0.15) is 0 Å². The number of piperidine rings is 1. The van der Waals surface area contributed by atoms with E-state index in [0.717, 1.165) is 45.5 Å². The predicted octanol–water partition coefficient (Wildman–Crippen LogP) is 2.61. The SMILES string of the molecule is CCCOC1CCCN(CCC(=O)OC(C)(C)C)C1. The summed E-state index contributed by atoms with van der Waals surface area (Å²) in [7, 11) is 0. The van der Waals surface area contributed by atoms with Crippen molar-refractivity contribution in [3.63, 3.8) is 0 Å². The van der Waals surface area contributed by atoms with Gasteiger partial charge < -0.3 is 14.4 Å². The molecular formula is C15H29NO3. The Kier molecular flexibility index (Phi) is 6.80. The zero-order valence-electron chi connectivity index (χ0n) is 12.9. The lowest BCUT2D eigenvalue weighted by atomic mass is 10.1. The highest BCUT2D eigenvalue weighted by atomic mass is 16.6. The van der Waals surface area contributed by atoms with E-state index in [1.165, 1.54) is 0 Å². The van der Waals surface area contributed by atoms with Crippen molar-refractivity contribution in [2.24, 2.45) is 0 Å². The van der Waals surface area contributed by atoms with Crippen molar-refractivity contribution in [3.05, 3.63) is 0 Å². The number of esters is 1. The van der Waals surface area contributed by atoms with Crippen LogP contribution in [-0.2, 0) is 14.3 Å². The van der Waals surface area contributed by atoms with E-state index in [4.69, 9.17) is 9.47 Å². The van der Waals surface area contributed by atoms with Crippen molar-refractivity contribution in [2.75, 3.05) is 26.2 Å².